The fourth-order valence-corrected chi connectivity index (χ4v) is 3.30. The first kappa shape index (κ1) is 24.1. The van der Waals surface area contributed by atoms with Gasteiger partial charge in [0.1, 0.15) is 5.75 Å². The van der Waals surface area contributed by atoms with Crippen LogP contribution in [0, 0.1) is 11.3 Å². The van der Waals surface area contributed by atoms with Crippen molar-refractivity contribution < 1.29 is 24.4 Å². The number of ether oxygens (including phenoxy) is 1. The van der Waals surface area contributed by atoms with Crippen molar-refractivity contribution in [1.29, 1.82) is 5.26 Å². The predicted molar refractivity (Wildman–Crippen MR) is 117 cm³/mol. The number of carbonyl (C=O) groups excluding carboxylic acids is 2. The van der Waals surface area contributed by atoms with Crippen LogP contribution in [0.25, 0.3) is 0 Å². The molecular weight excluding hydrogens is 395 g/mol. The quantitative estimate of drug-likeness (QED) is 0.536. The summed E-state index contributed by atoms with van der Waals surface area (Å²) in [7, 11) is 1.48. The predicted octanol–water partition coefficient (Wildman–Crippen LogP) is 2.00. The van der Waals surface area contributed by atoms with Gasteiger partial charge >= 0.3 is 7.12 Å². The van der Waals surface area contributed by atoms with Gasteiger partial charge in [0.05, 0.1) is 25.3 Å². The fourth-order valence-electron chi connectivity index (χ4n) is 3.30. The van der Waals surface area contributed by atoms with Crippen molar-refractivity contribution in [2.24, 2.45) is 0 Å². The molecule has 0 radical (unpaired) electrons. The van der Waals surface area contributed by atoms with Crippen LogP contribution in [0.5, 0.6) is 5.75 Å². The standard InChI is InChI=1S/C23H27BN2O5/c1-26(23(28)11-8-17-6-9-22(31-2)10-7-17)16-21(27)14-20(24(29)30)13-18-4-3-5-19(12-18)15-25/h3-7,9-10,12,20,29-30H,8,11,13-14,16H2,1-2H3. The third-order valence-corrected chi connectivity index (χ3v) is 5.09. The Kier molecular flexibility index (Phi) is 9.25. The monoisotopic (exact) mass is 422 g/mol. The smallest absolute Gasteiger partial charge is 0.455 e. The number of ketones is 1. The molecule has 1 atom stereocenters. The molecule has 2 aromatic carbocycles. The van der Waals surface area contributed by atoms with Gasteiger partial charge in [-0.3, -0.25) is 9.59 Å². The first-order valence-electron chi connectivity index (χ1n) is 10.1. The Hall–Kier alpha value is -3.15. The van der Waals surface area contributed by atoms with Crippen molar-refractivity contribution in [2.45, 2.75) is 31.5 Å². The minimum absolute atomic E-state index is 0.0788. The topological polar surface area (TPSA) is 111 Å². The molecule has 0 aliphatic heterocycles. The van der Waals surface area contributed by atoms with E-state index < -0.39 is 12.9 Å². The number of carbonyl (C=O) groups is 2. The van der Waals surface area contributed by atoms with Crippen LogP contribution in [0.3, 0.4) is 0 Å². The van der Waals surface area contributed by atoms with E-state index in [9.17, 15) is 19.6 Å². The third kappa shape index (κ3) is 7.89. The maximum absolute atomic E-state index is 12.4. The van der Waals surface area contributed by atoms with E-state index in [1.165, 1.54) is 4.90 Å². The van der Waals surface area contributed by atoms with Crippen molar-refractivity contribution in [3.63, 3.8) is 0 Å². The Bertz CT molecular complexity index is 924. The summed E-state index contributed by atoms with van der Waals surface area (Å²) in [5, 5.41) is 28.4. The average Bonchev–Trinajstić information content (AvgIpc) is 2.77. The molecular formula is C23H27BN2O5. The van der Waals surface area contributed by atoms with E-state index in [0.29, 0.717) is 12.0 Å². The maximum atomic E-state index is 12.4. The molecule has 0 heterocycles. The molecule has 0 aliphatic rings. The van der Waals surface area contributed by atoms with E-state index in [-0.39, 0.29) is 37.5 Å². The van der Waals surface area contributed by atoms with Crippen molar-refractivity contribution in [2.75, 3.05) is 20.7 Å². The summed E-state index contributed by atoms with van der Waals surface area (Å²) < 4.78 is 5.11. The SMILES string of the molecule is COc1ccc(CCC(=O)N(C)CC(=O)CC(Cc2cccc(C#N)c2)B(O)O)cc1. The number of hydrogen-bond acceptors (Lipinski definition) is 6. The molecule has 7 nitrogen and oxygen atoms in total. The van der Waals surface area contributed by atoms with Crippen LogP contribution >= 0.6 is 0 Å². The zero-order valence-electron chi connectivity index (χ0n) is 17.8. The number of benzene rings is 2. The molecule has 0 spiro atoms. The lowest BCUT2D eigenvalue weighted by Gasteiger charge is -2.19. The van der Waals surface area contributed by atoms with Crippen LogP contribution in [0.2, 0.25) is 5.82 Å². The van der Waals surface area contributed by atoms with Crippen molar-refractivity contribution in [1.82, 2.24) is 4.90 Å². The van der Waals surface area contributed by atoms with E-state index in [1.807, 2.05) is 30.3 Å². The van der Waals surface area contributed by atoms with Crippen molar-refractivity contribution >= 4 is 18.8 Å². The zero-order chi connectivity index (χ0) is 22.8. The number of rotatable bonds is 11. The summed E-state index contributed by atoms with van der Waals surface area (Å²) in [6.45, 7) is -0.0943. The number of likely N-dealkylation sites (N-methyl/N-ethyl adjacent to an activating group) is 1. The lowest BCUT2D eigenvalue weighted by molar-refractivity contribution is -0.134. The summed E-state index contributed by atoms with van der Waals surface area (Å²) in [5.41, 5.74) is 2.21. The molecule has 1 unspecified atom stereocenters. The Labute approximate surface area is 183 Å². The number of hydrogen-bond donors (Lipinski definition) is 2. The van der Waals surface area contributed by atoms with Gasteiger partial charge in [-0.2, -0.15) is 5.26 Å². The second kappa shape index (κ2) is 11.9. The number of nitriles is 1. The largest absolute Gasteiger partial charge is 0.497 e. The molecule has 1 amide bonds. The van der Waals surface area contributed by atoms with Gasteiger partial charge in [-0.1, -0.05) is 24.3 Å². The molecule has 0 bridgehead atoms. The highest BCUT2D eigenvalue weighted by atomic mass is 16.5. The Morgan fingerprint density at radius 3 is 2.48 bits per heavy atom. The highest BCUT2D eigenvalue weighted by molar-refractivity contribution is 6.43. The minimum atomic E-state index is -1.68. The summed E-state index contributed by atoms with van der Waals surface area (Å²) in [4.78, 5) is 26.2. The molecule has 2 N–H and O–H groups in total. The second-order valence-corrected chi connectivity index (χ2v) is 7.53. The lowest BCUT2D eigenvalue weighted by Crippen LogP contribution is -2.34. The van der Waals surface area contributed by atoms with Crippen LogP contribution in [-0.4, -0.2) is 54.5 Å². The van der Waals surface area contributed by atoms with E-state index in [4.69, 9.17) is 10.00 Å². The van der Waals surface area contributed by atoms with Crippen LogP contribution in [0.1, 0.15) is 29.5 Å². The Balaban J connectivity index is 1.86. The summed E-state index contributed by atoms with van der Waals surface area (Å²) >= 11 is 0. The van der Waals surface area contributed by atoms with Crippen molar-refractivity contribution in [3.05, 3.63) is 65.2 Å². The zero-order valence-corrected chi connectivity index (χ0v) is 17.8. The minimum Gasteiger partial charge on any atom is -0.497 e. The molecule has 0 aromatic heterocycles. The van der Waals surface area contributed by atoms with E-state index >= 15 is 0 Å². The molecule has 0 aliphatic carbocycles. The van der Waals surface area contributed by atoms with Crippen molar-refractivity contribution in [3.8, 4) is 11.8 Å². The normalized spacial score (nSPS) is 11.3. The van der Waals surface area contributed by atoms with Gasteiger partial charge in [-0.15, -0.1) is 0 Å². The summed E-state index contributed by atoms with van der Waals surface area (Å²) in [5.74, 6) is -0.385. The van der Waals surface area contributed by atoms with E-state index in [1.54, 1.807) is 38.4 Å². The third-order valence-electron chi connectivity index (χ3n) is 5.09. The number of Topliss-reactive ketones (excluding diaryl/α,β-unsaturated/α-hetero) is 1. The van der Waals surface area contributed by atoms with Gasteiger partial charge in [0.15, 0.2) is 5.78 Å². The molecule has 0 saturated heterocycles. The van der Waals surface area contributed by atoms with Gasteiger partial charge < -0.3 is 19.7 Å². The number of methoxy groups -OCH3 is 1. The maximum Gasteiger partial charge on any atom is 0.455 e. The highest BCUT2D eigenvalue weighted by Crippen LogP contribution is 2.21. The number of amides is 1. The second-order valence-electron chi connectivity index (χ2n) is 7.53. The molecule has 0 saturated carbocycles. The van der Waals surface area contributed by atoms with Gasteiger partial charge in [0.25, 0.3) is 0 Å². The Morgan fingerprint density at radius 2 is 1.87 bits per heavy atom. The van der Waals surface area contributed by atoms with Gasteiger partial charge in [0.2, 0.25) is 5.91 Å². The number of aryl methyl sites for hydroxylation is 1. The summed E-state index contributed by atoms with van der Waals surface area (Å²) in [6, 6.07) is 16.3. The first-order valence-corrected chi connectivity index (χ1v) is 10.1. The molecule has 31 heavy (non-hydrogen) atoms. The van der Waals surface area contributed by atoms with E-state index in [2.05, 4.69) is 0 Å². The fraction of sp³-hybridized carbons (Fsp3) is 0.348. The lowest BCUT2D eigenvalue weighted by atomic mass is 9.67. The van der Waals surface area contributed by atoms with Gasteiger partial charge in [-0.05, 0) is 48.2 Å². The van der Waals surface area contributed by atoms with Crippen LogP contribution < -0.4 is 4.74 Å². The molecule has 2 rings (SSSR count). The van der Waals surface area contributed by atoms with E-state index in [0.717, 1.165) is 16.9 Å². The Morgan fingerprint density at radius 1 is 1.16 bits per heavy atom. The van der Waals surface area contributed by atoms with Gasteiger partial charge in [-0.25, -0.2) is 0 Å². The van der Waals surface area contributed by atoms with Gasteiger partial charge in [0, 0.05) is 25.7 Å². The number of nitrogens with zero attached hydrogens (tertiary/aromatic N) is 2. The molecule has 2 aromatic rings. The van der Waals surface area contributed by atoms with Crippen LogP contribution in [-0.2, 0) is 22.4 Å². The molecule has 8 heteroatoms. The summed E-state index contributed by atoms with van der Waals surface area (Å²) in [6.07, 6.45) is 0.982. The molecule has 162 valence electrons. The highest BCUT2D eigenvalue weighted by Gasteiger charge is 2.27. The average molecular weight is 422 g/mol. The van der Waals surface area contributed by atoms with Crippen LogP contribution in [0.15, 0.2) is 48.5 Å². The molecule has 0 fully saturated rings. The van der Waals surface area contributed by atoms with Crippen LogP contribution in [0.4, 0.5) is 0 Å². The first-order chi connectivity index (χ1) is 14.8.